The SMILES string of the molecule is Nc1cn2ccnc2c(NC2CCSCC2)n1. The number of nitrogens with zero attached hydrogens (tertiary/aromatic N) is 3. The van der Waals surface area contributed by atoms with Crippen molar-refractivity contribution < 1.29 is 0 Å². The molecule has 17 heavy (non-hydrogen) atoms. The molecule has 2 aromatic rings. The number of fused-ring (bicyclic) bond motifs is 1. The van der Waals surface area contributed by atoms with Crippen molar-refractivity contribution >= 4 is 29.0 Å². The van der Waals surface area contributed by atoms with Gasteiger partial charge in [-0.1, -0.05) is 0 Å². The third kappa shape index (κ3) is 2.17. The number of rotatable bonds is 2. The summed E-state index contributed by atoms with van der Waals surface area (Å²) in [5, 5.41) is 3.46. The van der Waals surface area contributed by atoms with Gasteiger partial charge in [0.15, 0.2) is 11.5 Å². The van der Waals surface area contributed by atoms with E-state index in [0.717, 1.165) is 11.5 Å². The quantitative estimate of drug-likeness (QED) is 0.846. The van der Waals surface area contributed by atoms with Crippen LogP contribution in [0, 0.1) is 0 Å². The van der Waals surface area contributed by atoms with Gasteiger partial charge < -0.3 is 15.5 Å². The molecule has 0 bridgehead atoms. The van der Waals surface area contributed by atoms with E-state index < -0.39 is 0 Å². The second-order valence-electron chi connectivity index (χ2n) is 4.20. The molecule has 3 N–H and O–H groups in total. The molecule has 1 saturated heterocycles. The lowest BCUT2D eigenvalue weighted by atomic mass is 10.1. The van der Waals surface area contributed by atoms with Crippen LogP contribution in [0.5, 0.6) is 0 Å². The van der Waals surface area contributed by atoms with Crippen molar-refractivity contribution in [2.45, 2.75) is 18.9 Å². The van der Waals surface area contributed by atoms with Gasteiger partial charge in [-0.05, 0) is 24.3 Å². The zero-order valence-electron chi connectivity index (χ0n) is 9.47. The first-order valence-electron chi connectivity index (χ1n) is 5.76. The number of nitrogen functional groups attached to an aromatic ring is 1. The van der Waals surface area contributed by atoms with E-state index >= 15 is 0 Å². The highest BCUT2D eigenvalue weighted by atomic mass is 32.2. The number of hydrogen-bond donors (Lipinski definition) is 2. The Morgan fingerprint density at radius 2 is 2.24 bits per heavy atom. The maximum atomic E-state index is 5.79. The summed E-state index contributed by atoms with van der Waals surface area (Å²) < 4.78 is 1.91. The zero-order chi connectivity index (χ0) is 11.7. The maximum absolute atomic E-state index is 5.79. The molecule has 0 aromatic carbocycles. The Balaban J connectivity index is 1.90. The molecule has 5 nitrogen and oxygen atoms in total. The highest BCUT2D eigenvalue weighted by Crippen LogP contribution is 2.22. The van der Waals surface area contributed by atoms with Crippen molar-refractivity contribution in [3.8, 4) is 0 Å². The highest BCUT2D eigenvalue weighted by Gasteiger charge is 2.16. The van der Waals surface area contributed by atoms with Gasteiger partial charge in [-0.25, -0.2) is 9.97 Å². The predicted octanol–water partition coefficient (Wildman–Crippen LogP) is 1.62. The molecule has 2 aromatic heterocycles. The minimum atomic E-state index is 0.492. The molecule has 90 valence electrons. The number of hydrogen-bond acceptors (Lipinski definition) is 5. The van der Waals surface area contributed by atoms with Crippen molar-refractivity contribution in [3.63, 3.8) is 0 Å². The Bertz CT molecular complexity index is 518. The summed E-state index contributed by atoms with van der Waals surface area (Å²) in [4.78, 5) is 8.65. The van der Waals surface area contributed by atoms with Crippen LogP contribution >= 0.6 is 11.8 Å². The summed E-state index contributed by atoms with van der Waals surface area (Å²) in [6.07, 6.45) is 7.78. The van der Waals surface area contributed by atoms with Gasteiger partial charge in [-0.3, -0.25) is 0 Å². The van der Waals surface area contributed by atoms with Crippen LogP contribution in [0.2, 0.25) is 0 Å². The van der Waals surface area contributed by atoms with Gasteiger partial charge in [0.25, 0.3) is 0 Å². The van der Waals surface area contributed by atoms with Crippen molar-refractivity contribution in [2.75, 3.05) is 22.6 Å². The number of nitrogens with two attached hydrogens (primary N) is 1. The molecule has 0 saturated carbocycles. The Labute approximate surface area is 104 Å². The predicted molar refractivity (Wildman–Crippen MR) is 71.4 cm³/mol. The standard InChI is InChI=1S/C11H15N5S/c12-9-7-16-4-3-13-11(16)10(15-9)14-8-1-5-17-6-2-8/h3-4,7-8H,1-2,5-6,12H2,(H,14,15). The molecule has 0 radical (unpaired) electrons. The van der Waals surface area contributed by atoms with Crippen molar-refractivity contribution in [3.05, 3.63) is 18.6 Å². The highest BCUT2D eigenvalue weighted by molar-refractivity contribution is 7.99. The molecule has 3 heterocycles. The van der Waals surface area contributed by atoms with Gasteiger partial charge in [0.1, 0.15) is 5.82 Å². The molecule has 0 spiro atoms. The second kappa shape index (κ2) is 4.44. The number of thioether (sulfide) groups is 1. The number of anilines is 2. The lowest BCUT2D eigenvalue weighted by Gasteiger charge is -2.23. The van der Waals surface area contributed by atoms with Crippen LogP contribution < -0.4 is 11.1 Å². The largest absolute Gasteiger partial charge is 0.382 e. The molecular formula is C11H15N5S. The molecule has 6 heteroatoms. The van der Waals surface area contributed by atoms with E-state index in [1.807, 2.05) is 22.4 Å². The van der Waals surface area contributed by atoms with Crippen LogP contribution in [0.4, 0.5) is 11.6 Å². The van der Waals surface area contributed by atoms with Crippen LogP contribution in [0.1, 0.15) is 12.8 Å². The monoisotopic (exact) mass is 249 g/mol. The summed E-state index contributed by atoms with van der Waals surface area (Å²) in [5.74, 6) is 3.74. The van der Waals surface area contributed by atoms with Crippen LogP contribution in [-0.2, 0) is 0 Å². The summed E-state index contributed by atoms with van der Waals surface area (Å²) >= 11 is 2.01. The Morgan fingerprint density at radius 1 is 1.41 bits per heavy atom. The maximum Gasteiger partial charge on any atom is 0.180 e. The second-order valence-corrected chi connectivity index (χ2v) is 5.43. The van der Waals surface area contributed by atoms with Crippen LogP contribution in [0.15, 0.2) is 18.6 Å². The van der Waals surface area contributed by atoms with E-state index in [9.17, 15) is 0 Å². The van der Waals surface area contributed by atoms with E-state index in [1.54, 1.807) is 12.4 Å². The zero-order valence-corrected chi connectivity index (χ0v) is 10.3. The molecule has 0 atom stereocenters. The van der Waals surface area contributed by atoms with E-state index in [0.29, 0.717) is 11.9 Å². The van der Waals surface area contributed by atoms with E-state index in [2.05, 4.69) is 15.3 Å². The fourth-order valence-electron chi connectivity index (χ4n) is 2.08. The van der Waals surface area contributed by atoms with Gasteiger partial charge in [0.05, 0.1) is 6.20 Å². The van der Waals surface area contributed by atoms with Gasteiger partial charge in [0.2, 0.25) is 0 Å². The fraction of sp³-hybridized carbons (Fsp3) is 0.455. The topological polar surface area (TPSA) is 68.2 Å². The molecule has 0 unspecified atom stereocenters. The van der Waals surface area contributed by atoms with Crippen LogP contribution in [0.3, 0.4) is 0 Å². The summed E-state index contributed by atoms with van der Waals surface area (Å²) in [6, 6.07) is 0.492. The molecular weight excluding hydrogens is 234 g/mol. The molecule has 0 aliphatic carbocycles. The summed E-state index contributed by atoms with van der Waals surface area (Å²) in [5.41, 5.74) is 6.63. The van der Waals surface area contributed by atoms with Crippen molar-refractivity contribution in [1.82, 2.24) is 14.4 Å². The number of nitrogens with one attached hydrogen (secondary N) is 1. The van der Waals surface area contributed by atoms with Crippen molar-refractivity contribution in [2.24, 2.45) is 0 Å². The normalized spacial score (nSPS) is 17.4. The van der Waals surface area contributed by atoms with Gasteiger partial charge in [0, 0.05) is 18.4 Å². The Hall–Kier alpha value is -1.43. The first-order chi connectivity index (χ1) is 8.33. The van der Waals surface area contributed by atoms with Crippen LogP contribution in [0.25, 0.3) is 5.65 Å². The van der Waals surface area contributed by atoms with E-state index in [-0.39, 0.29) is 0 Å². The third-order valence-corrected chi connectivity index (χ3v) is 4.00. The van der Waals surface area contributed by atoms with E-state index in [4.69, 9.17) is 5.73 Å². The summed E-state index contributed by atoms with van der Waals surface area (Å²) in [6.45, 7) is 0. The van der Waals surface area contributed by atoms with Crippen molar-refractivity contribution in [1.29, 1.82) is 0 Å². The fourth-order valence-corrected chi connectivity index (χ4v) is 3.19. The molecule has 1 aliphatic rings. The minimum absolute atomic E-state index is 0.492. The molecule has 1 aliphatic heterocycles. The van der Waals surface area contributed by atoms with Gasteiger partial charge in [-0.2, -0.15) is 11.8 Å². The Morgan fingerprint density at radius 3 is 3.06 bits per heavy atom. The van der Waals surface area contributed by atoms with Gasteiger partial charge >= 0.3 is 0 Å². The van der Waals surface area contributed by atoms with Crippen LogP contribution in [-0.4, -0.2) is 31.9 Å². The smallest absolute Gasteiger partial charge is 0.180 e. The Kier molecular flexibility index (Phi) is 2.80. The third-order valence-electron chi connectivity index (χ3n) is 2.95. The van der Waals surface area contributed by atoms with Gasteiger partial charge in [-0.15, -0.1) is 0 Å². The lowest BCUT2D eigenvalue weighted by Crippen LogP contribution is -2.25. The number of imidazole rings is 1. The minimum Gasteiger partial charge on any atom is -0.382 e. The number of aromatic nitrogens is 3. The average Bonchev–Trinajstić information content (AvgIpc) is 2.78. The lowest BCUT2D eigenvalue weighted by molar-refractivity contribution is 0.664. The molecule has 0 amide bonds. The first kappa shape index (κ1) is 10.7. The first-order valence-corrected chi connectivity index (χ1v) is 6.92. The van der Waals surface area contributed by atoms with E-state index in [1.165, 1.54) is 24.3 Å². The molecule has 3 rings (SSSR count). The molecule has 1 fully saturated rings. The average molecular weight is 249 g/mol. The summed E-state index contributed by atoms with van der Waals surface area (Å²) in [7, 11) is 0.